The molecule has 0 N–H and O–H groups in total. The average molecular weight is 213 g/mol. The van der Waals surface area contributed by atoms with Crippen LogP contribution in [-0.4, -0.2) is 4.98 Å². The Bertz CT molecular complexity index is 474. The van der Waals surface area contributed by atoms with Crippen LogP contribution in [0.25, 0.3) is 10.8 Å². The summed E-state index contributed by atoms with van der Waals surface area (Å²) in [5.74, 6) is 1.40. The Labute approximate surface area is 97.5 Å². The lowest BCUT2D eigenvalue weighted by molar-refractivity contribution is 0.414. The lowest BCUT2D eigenvalue weighted by atomic mass is 9.93. The Balaban J connectivity index is 2.26. The van der Waals surface area contributed by atoms with Crippen molar-refractivity contribution in [3.63, 3.8) is 0 Å². The first-order valence-corrected chi connectivity index (χ1v) is 6.00. The van der Waals surface area contributed by atoms with E-state index in [0.717, 1.165) is 6.42 Å². The zero-order valence-corrected chi connectivity index (χ0v) is 10.3. The quantitative estimate of drug-likeness (QED) is 0.749. The molecule has 1 nitrogen and oxygen atoms in total. The molecule has 16 heavy (non-hydrogen) atoms. The number of pyridine rings is 1. The normalized spacial score (nSPS) is 13.2. The summed E-state index contributed by atoms with van der Waals surface area (Å²) in [5.41, 5.74) is 1.21. The van der Waals surface area contributed by atoms with Crippen LogP contribution in [0, 0.1) is 11.8 Å². The van der Waals surface area contributed by atoms with Crippen molar-refractivity contribution in [2.24, 2.45) is 11.8 Å². The molecule has 0 aliphatic rings. The standard InChI is InChI=1S/C15H19N/c1-11(2)12(3)8-15-9-13-6-4-5-7-14(13)10-16-15/h4-7,9-12H,8H2,1-3H3. The summed E-state index contributed by atoms with van der Waals surface area (Å²) in [4.78, 5) is 4.53. The lowest BCUT2D eigenvalue weighted by Crippen LogP contribution is -2.08. The molecule has 1 aromatic carbocycles. The summed E-state index contributed by atoms with van der Waals surface area (Å²) in [7, 11) is 0. The largest absolute Gasteiger partial charge is 0.261 e. The summed E-state index contributed by atoms with van der Waals surface area (Å²) in [6.45, 7) is 6.83. The molecule has 1 aromatic heterocycles. The molecule has 1 heterocycles. The first-order valence-electron chi connectivity index (χ1n) is 6.00. The van der Waals surface area contributed by atoms with Gasteiger partial charge in [-0.15, -0.1) is 0 Å². The van der Waals surface area contributed by atoms with Gasteiger partial charge in [0.15, 0.2) is 0 Å². The molecule has 84 valence electrons. The van der Waals surface area contributed by atoms with E-state index in [4.69, 9.17) is 0 Å². The van der Waals surface area contributed by atoms with Gasteiger partial charge in [0.1, 0.15) is 0 Å². The van der Waals surface area contributed by atoms with Crippen LogP contribution in [0.5, 0.6) is 0 Å². The van der Waals surface area contributed by atoms with Gasteiger partial charge in [0, 0.05) is 17.3 Å². The van der Waals surface area contributed by atoms with Crippen molar-refractivity contribution in [3.8, 4) is 0 Å². The van der Waals surface area contributed by atoms with E-state index >= 15 is 0 Å². The maximum Gasteiger partial charge on any atom is 0.0412 e. The van der Waals surface area contributed by atoms with Crippen LogP contribution in [0.15, 0.2) is 36.5 Å². The van der Waals surface area contributed by atoms with E-state index in [1.54, 1.807) is 0 Å². The topological polar surface area (TPSA) is 12.9 Å². The predicted molar refractivity (Wildman–Crippen MR) is 69.4 cm³/mol. The molecule has 2 aromatic rings. The molecule has 1 unspecified atom stereocenters. The Kier molecular flexibility index (Phi) is 3.23. The molecule has 0 saturated heterocycles. The van der Waals surface area contributed by atoms with E-state index in [1.807, 2.05) is 6.20 Å². The summed E-state index contributed by atoms with van der Waals surface area (Å²) < 4.78 is 0. The van der Waals surface area contributed by atoms with Crippen LogP contribution in [0.3, 0.4) is 0 Å². The van der Waals surface area contributed by atoms with Gasteiger partial charge in [0.05, 0.1) is 0 Å². The number of hydrogen-bond acceptors (Lipinski definition) is 1. The first kappa shape index (κ1) is 11.1. The third kappa shape index (κ3) is 2.41. The second-order valence-electron chi connectivity index (χ2n) is 4.95. The molecule has 0 amide bonds. The van der Waals surface area contributed by atoms with Gasteiger partial charge in [-0.1, -0.05) is 45.0 Å². The van der Waals surface area contributed by atoms with Gasteiger partial charge in [0.25, 0.3) is 0 Å². The van der Waals surface area contributed by atoms with E-state index in [0.29, 0.717) is 11.8 Å². The molecule has 0 saturated carbocycles. The molecule has 0 aliphatic heterocycles. The van der Waals surface area contributed by atoms with Gasteiger partial charge in [-0.25, -0.2) is 0 Å². The van der Waals surface area contributed by atoms with Crippen molar-refractivity contribution >= 4 is 10.8 Å². The zero-order chi connectivity index (χ0) is 11.5. The molecule has 1 atom stereocenters. The van der Waals surface area contributed by atoms with Gasteiger partial charge in [-0.05, 0) is 29.7 Å². The van der Waals surface area contributed by atoms with E-state index in [-0.39, 0.29) is 0 Å². The average Bonchev–Trinajstić information content (AvgIpc) is 2.28. The Morgan fingerprint density at radius 1 is 1.06 bits per heavy atom. The van der Waals surface area contributed by atoms with E-state index < -0.39 is 0 Å². The third-order valence-electron chi connectivity index (χ3n) is 3.36. The molecule has 0 spiro atoms. The molecule has 2 rings (SSSR count). The molecule has 0 bridgehead atoms. The fraction of sp³-hybridized carbons (Fsp3) is 0.400. The van der Waals surface area contributed by atoms with E-state index in [2.05, 4.69) is 56.1 Å². The van der Waals surface area contributed by atoms with Crippen molar-refractivity contribution < 1.29 is 0 Å². The van der Waals surface area contributed by atoms with Crippen LogP contribution in [0.4, 0.5) is 0 Å². The number of nitrogens with zero attached hydrogens (tertiary/aromatic N) is 1. The number of rotatable bonds is 3. The summed E-state index contributed by atoms with van der Waals surface area (Å²) in [5, 5.41) is 2.52. The van der Waals surface area contributed by atoms with Crippen LogP contribution in [0.2, 0.25) is 0 Å². The van der Waals surface area contributed by atoms with Gasteiger partial charge in [-0.3, -0.25) is 4.98 Å². The number of aromatic nitrogens is 1. The SMILES string of the molecule is CC(C)C(C)Cc1cc2ccccc2cn1. The van der Waals surface area contributed by atoms with Crippen LogP contribution < -0.4 is 0 Å². The minimum Gasteiger partial charge on any atom is -0.261 e. The van der Waals surface area contributed by atoms with Crippen LogP contribution in [-0.2, 0) is 6.42 Å². The van der Waals surface area contributed by atoms with Crippen molar-refractivity contribution in [1.82, 2.24) is 4.98 Å². The Morgan fingerprint density at radius 3 is 2.44 bits per heavy atom. The molecule has 0 fully saturated rings. The maximum atomic E-state index is 4.53. The minimum absolute atomic E-state index is 0.689. The number of fused-ring (bicyclic) bond motifs is 1. The number of hydrogen-bond donors (Lipinski definition) is 0. The molecule has 0 radical (unpaired) electrons. The van der Waals surface area contributed by atoms with Crippen molar-refractivity contribution in [2.45, 2.75) is 27.2 Å². The maximum absolute atomic E-state index is 4.53. The van der Waals surface area contributed by atoms with Crippen molar-refractivity contribution in [2.75, 3.05) is 0 Å². The second-order valence-corrected chi connectivity index (χ2v) is 4.95. The highest BCUT2D eigenvalue weighted by molar-refractivity contribution is 5.81. The van der Waals surface area contributed by atoms with Crippen molar-refractivity contribution in [3.05, 3.63) is 42.2 Å². The van der Waals surface area contributed by atoms with Gasteiger partial charge >= 0.3 is 0 Å². The summed E-state index contributed by atoms with van der Waals surface area (Å²) in [6, 6.07) is 10.6. The van der Waals surface area contributed by atoms with E-state index in [9.17, 15) is 0 Å². The molecular formula is C15H19N. The fourth-order valence-corrected chi connectivity index (χ4v) is 1.81. The van der Waals surface area contributed by atoms with Gasteiger partial charge in [0.2, 0.25) is 0 Å². The Morgan fingerprint density at radius 2 is 1.75 bits per heavy atom. The highest BCUT2D eigenvalue weighted by atomic mass is 14.7. The van der Waals surface area contributed by atoms with Gasteiger partial charge < -0.3 is 0 Å². The second kappa shape index (κ2) is 4.65. The van der Waals surface area contributed by atoms with Crippen LogP contribution >= 0.6 is 0 Å². The van der Waals surface area contributed by atoms with E-state index in [1.165, 1.54) is 16.5 Å². The molecule has 1 heteroatoms. The smallest absolute Gasteiger partial charge is 0.0412 e. The number of benzene rings is 1. The summed E-state index contributed by atoms with van der Waals surface area (Å²) in [6.07, 6.45) is 3.06. The monoisotopic (exact) mass is 213 g/mol. The lowest BCUT2D eigenvalue weighted by Gasteiger charge is -2.14. The Hall–Kier alpha value is -1.37. The van der Waals surface area contributed by atoms with Gasteiger partial charge in [-0.2, -0.15) is 0 Å². The zero-order valence-electron chi connectivity index (χ0n) is 10.3. The van der Waals surface area contributed by atoms with Crippen LogP contribution in [0.1, 0.15) is 26.5 Å². The highest BCUT2D eigenvalue weighted by Crippen LogP contribution is 2.18. The molecule has 0 aliphatic carbocycles. The highest BCUT2D eigenvalue weighted by Gasteiger charge is 2.09. The first-order chi connectivity index (χ1) is 7.66. The minimum atomic E-state index is 0.689. The predicted octanol–water partition coefficient (Wildman–Crippen LogP) is 4.07. The summed E-state index contributed by atoms with van der Waals surface area (Å²) >= 11 is 0. The molecular weight excluding hydrogens is 194 g/mol. The van der Waals surface area contributed by atoms with Crippen molar-refractivity contribution in [1.29, 1.82) is 0 Å². The third-order valence-corrected chi connectivity index (χ3v) is 3.36. The fourth-order valence-electron chi connectivity index (χ4n) is 1.81.